The van der Waals surface area contributed by atoms with Crippen LogP contribution < -0.4 is 20.7 Å². The fraction of sp³-hybridized carbons (Fsp3) is 0.440. The number of anilines is 1. The van der Waals surface area contributed by atoms with Crippen molar-refractivity contribution in [3.05, 3.63) is 58.7 Å². The number of aryl methyl sites for hydroxylation is 3. The lowest BCUT2D eigenvalue weighted by Gasteiger charge is -2.21. The molecule has 3 N–H and O–H groups in total. The van der Waals surface area contributed by atoms with Crippen molar-refractivity contribution < 1.29 is 14.3 Å². The van der Waals surface area contributed by atoms with Gasteiger partial charge < -0.3 is 20.7 Å². The van der Waals surface area contributed by atoms with E-state index in [-0.39, 0.29) is 17.7 Å². The number of benzene rings is 2. The smallest absolute Gasteiger partial charge is 0.251 e. The van der Waals surface area contributed by atoms with Crippen LogP contribution in [-0.2, 0) is 4.79 Å². The van der Waals surface area contributed by atoms with Crippen molar-refractivity contribution in [2.75, 3.05) is 25.5 Å². The summed E-state index contributed by atoms with van der Waals surface area (Å²) in [6.07, 6.45) is 0.577. The lowest BCUT2D eigenvalue weighted by atomic mass is 10.0. The van der Waals surface area contributed by atoms with Gasteiger partial charge in [-0.05, 0) is 68.5 Å². The Morgan fingerprint density at radius 2 is 1.68 bits per heavy atom. The van der Waals surface area contributed by atoms with Gasteiger partial charge in [0, 0.05) is 24.3 Å². The highest BCUT2D eigenvalue weighted by molar-refractivity contribution is 5.97. The van der Waals surface area contributed by atoms with Crippen LogP contribution in [0.3, 0.4) is 0 Å². The molecule has 0 aliphatic heterocycles. The molecule has 0 spiro atoms. The molecule has 0 aliphatic rings. The molecule has 0 aliphatic carbocycles. The third kappa shape index (κ3) is 7.31. The number of hydrogen-bond donors (Lipinski definition) is 3. The number of rotatable bonds is 10. The molecular weight excluding hydrogens is 390 g/mol. The molecule has 0 bridgehead atoms. The summed E-state index contributed by atoms with van der Waals surface area (Å²) in [5.74, 6) is 0.706. The summed E-state index contributed by atoms with van der Waals surface area (Å²) in [6, 6.07) is 10.8. The van der Waals surface area contributed by atoms with Crippen molar-refractivity contribution >= 4 is 17.5 Å². The molecule has 31 heavy (non-hydrogen) atoms. The second-order valence-electron chi connectivity index (χ2n) is 8.38. The van der Waals surface area contributed by atoms with Crippen LogP contribution in [-0.4, -0.2) is 38.1 Å². The molecular formula is C25H35N3O3. The Balaban J connectivity index is 1.93. The molecule has 2 aromatic carbocycles. The van der Waals surface area contributed by atoms with E-state index in [0.29, 0.717) is 25.1 Å². The third-order valence-electron chi connectivity index (χ3n) is 5.08. The molecule has 0 unspecified atom stereocenters. The number of ether oxygens (including phenoxy) is 1. The second kappa shape index (κ2) is 11.4. The number of carbonyl (C=O) groups is 2. The number of hydrogen-bond acceptors (Lipinski definition) is 4. The second-order valence-corrected chi connectivity index (χ2v) is 8.38. The van der Waals surface area contributed by atoms with E-state index in [1.54, 1.807) is 13.2 Å². The fourth-order valence-electron chi connectivity index (χ4n) is 3.55. The SMILES string of the molecule is COc1cc(C)c(NCCNC(=O)[C@H](CC(C)C)NC(=O)c2cccc(C)c2)c(C)c1. The van der Waals surface area contributed by atoms with Crippen molar-refractivity contribution in [2.24, 2.45) is 5.92 Å². The summed E-state index contributed by atoms with van der Waals surface area (Å²) in [4.78, 5) is 25.4. The Hall–Kier alpha value is -3.02. The minimum Gasteiger partial charge on any atom is -0.497 e. The summed E-state index contributed by atoms with van der Waals surface area (Å²) in [7, 11) is 1.65. The summed E-state index contributed by atoms with van der Waals surface area (Å²) in [5.41, 5.74) is 4.79. The minimum atomic E-state index is -0.572. The van der Waals surface area contributed by atoms with Gasteiger partial charge in [-0.3, -0.25) is 9.59 Å². The maximum absolute atomic E-state index is 12.8. The van der Waals surface area contributed by atoms with Crippen LogP contribution >= 0.6 is 0 Å². The zero-order valence-electron chi connectivity index (χ0n) is 19.5. The normalized spacial score (nSPS) is 11.7. The largest absolute Gasteiger partial charge is 0.497 e. The maximum Gasteiger partial charge on any atom is 0.251 e. The van der Waals surface area contributed by atoms with E-state index in [1.807, 2.05) is 65.0 Å². The van der Waals surface area contributed by atoms with E-state index >= 15 is 0 Å². The first-order chi connectivity index (χ1) is 14.7. The average Bonchev–Trinajstić information content (AvgIpc) is 2.71. The van der Waals surface area contributed by atoms with Crippen LogP contribution in [0, 0.1) is 26.7 Å². The van der Waals surface area contributed by atoms with Crippen molar-refractivity contribution in [3.8, 4) is 5.75 Å². The standard InChI is InChI=1S/C25H35N3O3/c1-16(2)12-22(28-24(29)20-9-7-8-17(3)13-20)25(30)27-11-10-26-23-18(4)14-21(31-6)15-19(23)5/h7-9,13-16,22,26H,10-12H2,1-6H3,(H,27,30)(H,28,29)/t22-/m0/s1. The molecule has 2 amide bonds. The first-order valence-corrected chi connectivity index (χ1v) is 10.8. The third-order valence-corrected chi connectivity index (χ3v) is 5.08. The summed E-state index contributed by atoms with van der Waals surface area (Å²) in [5, 5.41) is 9.23. The molecule has 1 atom stereocenters. The Bertz CT molecular complexity index is 886. The van der Waals surface area contributed by atoms with Gasteiger partial charge in [-0.1, -0.05) is 31.5 Å². The monoisotopic (exact) mass is 425 g/mol. The van der Waals surface area contributed by atoms with Gasteiger partial charge in [0.2, 0.25) is 5.91 Å². The van der Waals surface area contributed by atoms with Crippen LogP contribution in [0.2, 0.25) is 0 Å². The molecule has 168 valence electrons. The van der Waals surface area contributed by atoms with Crippen LogP contribution in [0.5, 0.6) is 5.75 Å². The van der Waals surface area contributed by atoms with E-state index in [2.05, 4.69) is 16.0 Å². The predicted molar refractivity (Wildman–Crippen MR) is 126 cm³/mol. The van der Waals surface area contributed by atoms with E-state index in [4.69, 9.17) is 4.74 Å². The van der Waals surface area contributed by atoms with Crippen LogP contribution in [0.4, 0.5) is 5.69 Å². The highest BCUT2D eigenvalue weighted by Crippen LogP contribution is 2.25. The van der Waals surface area contributed by atoms with Crippen molar-refractivity contribution in [2.45, 2.75) is 47.1 Å². The number of amides is 2. The highest BCUT2D eigenvalue weighted by Gasteiger charge is 2.22. The molecule has 0 heterocycles. The lowest BCUT2D eigenvalue weighted by molar-refractivity contribution is -0.123. The molecule has 0 fully saturated rings. The Kier molecular flexibility index (Phi) is 8.91. The van der Waals surface area contributed by atoms with Gasteiger partial charge in [-0.2, -0.15) is 0 Å². The van der Waals surface area contributed by atoms with Crippen molar-refractivity contribution in [1.29, 1.82) is 0 Å². The van der Waals surface area contributed by atoms with Crippen molar-refractivity contribution in [3.63, 3.8) is 0 Å². The highest BCUT2D eigenvalue weighted by atomic mass is 16.5. The Morgan fingerprint density at radius 1 is 1.00 bits per heavy atom. The van der Waals surface area contributed by atoms with Gasteiger partial charge in [0.25, 0.3) is 5.91 Å². The maximum atomic E-state index is 12.8. The first-order valence-electron chi connectivity index (χ1n) is 10.8. The molecule has 6 nitrogen and oxygen atoms in total. The Morgan fingerprint density at radius 3 is 2.26 bits per heavy atom. The fourth-order valence-corrected chi connectivity index (χ4v) is 3.55. The zero-order chi connectivity index (χ0) is 23.0. The zero-order valence-corrected chi connectivity index (χ0v) is 19.5. The van der Waals surface area contributed by atoms with Crippen LogP contribution in [0.1, 0.15) is 47.3 Å². The topological polar surface area (TPSA) is 79.5 Å². The first kappa shape index (κ1) is 24.3. The lowest BCUT2D eigenvalue weighted by Crippen LogP contribution is -2.48. The summed E-state index contributed by atoms with van der Waals surface area (Å²) in [6.45, 7) is 11.1. The van der Waals surface area contributed by atoms with E-state index in [1.165, 1.54) is 0 Å². The van der Waals surface area contributed by atoms with Crippen LogP contribution in [0.25, 0.3) is 0 Å². The number of methoxy groups -OCH3 is 1. The van der Waals surface area contributed by atoms with Gasteiger partial charge in [0.15, 0.2) is 0 Å². The Labute approximate surface area is 185 Å². The van der Waals surface area contributed by atoms with Gasteiger partial charge in [0.05, 0.1) is 7.11 Å². The van der Waals surface area contributed by atoms with E-state index < -0.39 is 6.04 Å². The van der Waals surface area contributed by atoms with Gasteiger partial charge in [-0.25, -0.2) is 0 Å². The van der Waals surface area contributed by atoms with Crippen molar-refractivity contribution in [1.82, 2.24) is 10.6 Å². The van der Waals surface area contributed by atoms with Gasteiger partial charge in [-0.15, -0.1) is 0 Å². The average molecular weight is 426 g/mol. The molecule has 0 saturated carbocycles. The van der Waals surface area contributed by atoms with Crippen LogP contribution in [0.15, 0.2) is 36.4 Å². The molecule has 0 radical (unpaired) electrons. The quantitative estimate of drug-likeness (QED) is 0.503. The molecule has 0 saturated heterocycles. The van der Waals surface area contributed by atoms with Gasteiger partial charge >= 0.3 is 0 Å². The van der Waals surface area contributed by atoms with E-state index in [0.717, 1.165) is 28.1 Å². The number of carbonyl (C=O) groups excluding carboxylic acids is 2. The van der Waals surface area contributed by atoms with E-state index in [9.17, 15) is 9.59 Å². The summed E-state index contributed by atoms with van der Waals surface area (Å²) < 4.78 is 5.30. The molecule has 6 heteroatoms. The van der Waals surface area contributed by atoms with Gasteiger partial charge in [0.1, 0.15) is 11.8 Å². The molecule has 2 rings (SSSR count). The molecule has 0 aromatic heterocycles. The number of nitrogens with one attached hydrogen (secondary N) is 3. The minimum absolute atomic E-state index is 0.167. The summed E-state index contributed by atoms with van der Waals surface area (Å²) >= 11 is 0. The predicted octanol–water partition coefficient (Wildman–Crippen LogP) is 3.99. The molecule has 2 aromatic rings.